The molecule has 1 aromatic carbocycles. The molecule has 0 aliphatic heterocycles. The first kappa shape index (κ1) is 23.1. The second-order valence-corrected chi connectivity index (χ2v) is 9.54. The topological polar surface area (TPSA) is 69.8 Å². The van der Waals surface area contributed by atoms with Gasteiger partial charge in [0.15, 0.2) is 5.65 Å². The molecule has 0 N–H and O–H groups in total. The van der Waals surface area contributed by atoms with Crippen LogP contribution in [0.2, 0.25) is 0 Å². The number of benzene rings is 1. The number of thioether (sulfide) groups is 1. The molecule has 3 aromatic rings. The number of aryl methyl sites for hydroxylation is 1. The maximum atomic E-state index is 13.0. The van der Waals surface area contributed by atoms with Gasteiger partial charge in [-0.1, -0.05) is 39.0 Å². The smallest absolute Gasteiger partial charge is 0.280 e. The lowest BCUT2D eigenvalue weighted by Gasteiger charge is -2.18. The molecule has 0 aliphatic rings. The van der Waals surface area contributed by atoms with Crippen LogP contribution in [0.3, 0.4) is 0 Å². The standard InChI is InChI=1S/C21H23F3N4O2S/c1-20(2,3)10-14-25-16-15(18(29)28(5)19(30)27(16)4)17(26-14)31-11-12-7-6-8-13(9-12)21(22,23)24/h6-9H,10-11H2,1-5H3. The van der Waals surface area contributed by atoms with Crippen molar-refractivity contribution in [1.29, 1.82) is 0 Å². The van der Waals surface area contributed by atoms with Crippen molar-refractivity contribution in [3.8, 4) is 0 Å². The predicted molar refractivity (Wildman–Crippen MR) is 114 cm³/mol. The second kappa shape index (κ2) is 8.14. The van der Waals surface area contributed by atoms with Crippen molar-refractivity contribution in [1.82, 2.24) is 19.1 Å². The summed E-state index contributed by atoms with van der Waals surface area (Å²) < 4.78 is 41.3. The summed E-state index contributed by atoms with van der Waals surface area (Å²) in [6.45, 7) is 6.04. The van der Waals surface area contributed by atoms with Crippen LogP contribution in [0.4, 0.5) is 13.2 Å². The van der Waals surface area contributed by atoms with Gasteiger partial charge >= 0.3 is 11.9 Å². The molecule has 0 unspecified atom stereocenters. The minimum atomic E-state index is -4.43. The number of halogens is 3. The van der Waals surface area contributed by atoms with Crippen LogP contribution < -0.4 is 11.2 Å². The van der Waals surface area contributed by atoms with E-state index in [0.717, 1.165) is 28.5 Å². The first-order valence-electron chi connectivity index (χ1n) is 9.53. The van der Waals surface area contributed by atoms with Gasteiger partial charge in [-0.25, -0.2) is 14.8 Å². The molecule has 31 heavy (non-hydrogen) atoms. The summed E-state index contributed by atoms with van der Waals surface area (Å²) in [5.74, 6) is 0.645. The zero-order valence-electron chi connectivity index (χ0n) is 17.9. The van der Waals surface area contributed by atoms with Gasteiger partial charge in [0, 0.05) is 26.3 Å². The normalized spacial score (nSPS) is 12.5. The third kappa shape index (κ3) is 5.00. The quantitative estimate of drug-likeness (QED) is 0.443. The Kier molecular flexibility index (Phi) is 6.05. The highest BCUT2D eigenvalue weighted by atomic mass is 32.2. The SMILES string of the molecule is Cn1c(=O)c2c(SCc3cccc(C(F)(F)F)c3)nc(CC(C)(C)C)nc2n(C)c1=O. The third-order valence-electron chi connectivity index (χ3n) is 4.63. The van der Waals surface area contributed by atoms with Gasteiger partial charge < -0.3 is 0 Å². The third-order valence-corrected chi connectivity index (χ3v) is 5.68. The summed E-state index contributed by atoms with van der Waals surface area (Å²) in [6.07, 6.45) is -3.93. The number of rotatable bonds is 4. The average Bonchev–Trinajstić information content (AvgIpc) is 2.67. The average molecular weight is 453 g/mol. The Morgan fingerprint density at radius 2 is 1.71 bits per heavy atom. The first-order valence-corrected chi connectivity index (χ1v) is 10.5. The lowest BCUT2D eigenvalue weighted by molar-refractivity contribution is -0.137. The van der Waals surface area contributed by atoms with Crippen molar-refractivity contribution in [2.24, 2.45) is 19.5 Å². The minimum Gasteiger partial charge on any atom is -0.280 e. The summed E-state index contributed by atoms with van der Waals surface area (Å²) in [6, 6.07) is 5.04. The van der Waals surface area contributed by atoms with E-state index < -0.39 is 23.0 Å². The van der Waals surface area contributed by atoms with Crippen LogP contribution in [-0.2, 0) is 32.4 Å². The molecule has 0 amide bonds. The van der Waals surface area contributed by atoms with Crippen LogP contribution in [-0.4, -0.2) is 19.1 Å². The molecule has 3 rings (SSSR count). The van der Waals surface area contributed by atoms with Crippen LogP contribution in [0.15, 0.2) is 38.9 Å². The van der Waals surface area contributed by atoms with Crippen molar-refractivity contribution >= 4 is 22.8 Å². The van der Waals surface area contributed by atoms with Crippen molar-refractivity contribution in [3.05, 3.63) is 62.1 Å². The zero-order valence-corrected chi connectivity index (χ0v) is 18.7. The van der Waals surface area contributed by atoms with E-state index in [0.29, 0.717) is 22.8 Å². The molecule has 0 spiro atoms. The fourth-order valence-corrected chi connectivity index (χ4v) is 4.09. The number of fused-ring (bicyclic) bond motifs is 1. The van der Waals surface area contributed by atoms with Gasteiger partial charge in [-0.2, -0.15) is 13.2 Å². The molecule has 10 heteroatoms. The minimum absolute atomic E-state index is 0.144. The predicted octanol–water partition coefficient (Wildman–Crippen LogP) is 3.93. The van der Waals surface area contributed by atoms with E-state index in [2.05, 4.69) is 9.97 Å². The van der Waals surface area contributed by atoms with Gasteiger partial charge in [0.2, 0.25) is 0 Å². The molecule has 0 radical (unpaired) electrons. The van der Waals surface area contributed by atoms with Crippen LogP contribution in [0.5, 0.6) is 0 Å². The van der Waals surface area contributed by atoms with Gasteiger partial charge in [-0.3, -0.25) is 13.9 Å². The number of aromatic nitrogens is 4. The molecule has 0 bridgehead atoms. The summed E-state index contributed by atoms with van der Waals surface area (Å²) in [4.78, 5) is 34.2. The monoisotopic (exact) mass is 452 g/mol. The largest absolute Gasteiger partial charge is 0.416 e. The van der Waals surface area contributed by atoms with Gasteiger partial charge in [-0.15, -0.1) is 11.8 Å². The van der Waals surface area contributed by atoms with Crippen LogP contribution in [0.1, 0.15) is 37.7 Å². The van der Waals surface area contributed by atoms with E-state index in [1.54, 1.807) is 6.07 Å². The summed E-state index contributed by atoms with van der Waals surface area (Å²) in [5.41, 5.74) is -1.25. The summed E-state index contributed by atoms with van der Waals surface area (Å²) in [5, 5.41) is 0.525. The number of hydrogen-bond donors (Lipinski definition) is 0. The van der Waals surface area contributed by atoms with Crippen molar-refractivity contribution in [3.63, 3.8) is 0 Å². The maximum absolute atomic E-state index is 13.0. The Labute approximate surface area is 181 Å². The van der Waals surface area contributed by atoms with Crippen molar-refractivity contribution < 1.29 is 13.2 Å². The number of alkyl halides is 3. The Morgan fingerprint density at radius 3 is 2.32 bits per heavy atom. The van der Waals surface area contributed by atoms with Gasteiger partial charge in [0.1, 0.15) is 16.2 Å². The van der Waals surface area contributed by atoms with E-state index >= 15 is 0 Å². The molecular weight excluding hydrogens is 429 g/mol. The second-order valence-electron chi connectivity index (χ2n) is 8.57. The molecule has 6 nitrogen and oxygen atoms in total. The van der Waals surface area contributed by atoms with Crippen LogP contribution in [0.25, 0.3) is 11.0 Å². The number of hydrogen-bond acceptors (Lipinski definition) is 5. The number of nitrogens with zero attached hydrogens (tertiary/aromatic N) is 4. The first-order chi connectivity index (χ1) is 14.3. The fraction of sp³-hybridized carbons (Fsp3) is 0.429. The van der Waals surface area contributed by atoms with Crippen molar-refractivity contribution in [2.75, 3.05) is 0 Å². The van der Waals surface area contributed by atoms with E-state index in [9.17, 15) is 22.8 Å². The highest BCUT2D eigenvalue weighted by Gasteiger charge is 2.30. The van der Waals surface area contributed by atoms with E-state index in [1.807, 2.05) is 20.8 Å². The zero-order chi connectivity index (χ0) is 23.1. The molecule has 0 aliphatic carbocycles. The molecule has 0 saturated heterocycles. The van der Waals surface area contributed by atoms with Crippen LogP contribution >= 0.6 is 11.8 Å². The fourth-order valence-electron chi connectivity index (χ4n) is 3.12. The van der Waals surface area contributed by atoms with Crippen LogP contribution in [0, 0.1) is 5.41 Å². The summed E-state index contributed by atoms with van der Waals surface area (Å²) in [7, 11) is 2.90. The highest BCUT2D eigenvalue weighted by molar-refractivity contribution is 7.98. The van der Waals surface area contributed by atoms with Gasteiger partial charge in [-0.05, 0) is 17.0 Å². The Morgan fingerprint density at radius 1 is 1.03 bits per heavy atom. The molecule has 2 heterocycles. The molecule has 2 aromatic heterocycles. The Balaban J connectivity index is 2.12. The van der Waals surface area contributed by atoms with E-state index in [1.165, 1.54) is 24.7 Å². The van der Waals surface area contributed by atoms with Crippen molar-refractivity contribution in [2.45, 2.75) is 44.1 Å². The van der Waals surface area contributed by atoms with E-state index in [4.69, 9.17) is 0 Å². The molecule has 0 fully saturated rings. The maximum Gasteiger partial charge on any atom is 0.416 e. The van der Waals surface area contributed by atoms with Gasteiger partial charge in [0.25, 0.3) is 5.56 Å². The van der Waals surface area contributed by atoms with E-state index in [-0.39, 0.29) is 22.2 Å². The Hall–Kier alpha value is -2.62. The molecule has 0 atom stereocenters. The lowest BCUT2D eigenvalue weighted by atomic mass is 9.92. The molecular formula is C21H23F3N4O2S. The summed E-state index contributed by atoms with van der Waals surface area (Å²) >= 11 is 1.15. The lowest BCUT2D eigenvalue weighted by Crippen LogP contribution is -2.38. The van der Waals surface area contributed by atoms with Gasteiger partial charge in [0.05, 0.1) is 5.56 Å². The molecule has 0 saturated carbocycles. The highest BCUT2D eigenvalue weighted by Crippen LogP contribution is 2.32. The Bertz CT molecular complexity index is 1260. The molecule has 166 valence electrons.